The number of methoxy groups -OCH3 is 3. The first-order valence-corrected chi connectivity index (χ1v) is 9.45. The predicted octanol–water partition coefficient (Wildman–Crippen LogP) is 4.83. The second kappa shape index (κ2) is 10.1. The molecule has 0 radical (unpaired) electrons. The van der Waals surface area contributed by atoms with Crippen LogP contribution in [-0.4, -0.2) is 33.1 Å². The highest BCUT2D eigenvalue weighted by Crippen LogP contribution is 2.35. The molecule has 0 amide bonds. The Balaban J connectivity index is 1.95. The van der Waals surface area contributed by atoms with Crippen molar-refractivity contribution in [2.75, 3.05) is 21.3 Å². The SMILES string of the molecule is COc1ccc(C=CC(=O)c2c(OC)cc(OC)cc2OC(=O)c2ccccc2)cc1. The van der Waals surface area contributed by atoms with Gasteiger partial charge in [0.25, 0.3) is 0 Å². The minimum absolute atomic E-state index is 0.0504. The molecule has 31 heavy (non-hydrogen) atoms. The van der Waals surface area contributed by atoms with Crippen LogP contribution < -0.4 is 18.9 Å². The van der Waals surface area contributed by atoms with Gasteiger partial charge in [0.2, 0.25) is 0 Å². The van der Waals surface area contributed by atoms with Crippen LogP contribution in [0.4, 0.5) is 0 Å². The lowest BCUT2D eigenvalue weighted by Gasteiger charge is -2.14. The van der Waals surface area contributed by atoms with Crippen molar-refractivity contribution in [3.8, 4) is 23.0 Å². The van der Waals surface area contributed by atoms with E-state index in [1.165, 1.54) is 26.4 Å². The van der Waals surface area contributed by atoms with Gasteiger partial charge in [-0.15, -0.1) is 0 Å². The molecule has 0 fully saturated rings. The second-order valence-electron chi connectivity index (χ2n) is 6.43. The van der Waals surface area contributed by atoms with E-state index in [9.17, 15) is 9.59 Å². The first-order chi connectivity index (χ1) is 15.0. The highest BCUT2D eigenvalue weighted by atomic mass is 16.5. The minimum atomic E-state index is -0.593. The fourth-order valence-electron chi connectivity index (χ4n) is 2.87. The van der Waals surface area contributed by atoms with E-state index in [0.717, 1.165) is 11.3 Å². The summed E-state index contributed by atoms with van der Waals surface area (Å²) in [7, 11) is 4.49. The molecule has 0 aliphatic rings. The lowest BCUT2D eigenvalue weighted by molar-refractivity contribution is 0.0732. The Labute approximate surface area is 180 Å². The van der Waals surface area contributed by atoms with Crippen LogP contribution in [-0.2, 0) is 0 Å². The third-order valence-corrected chi connectivity index (χ3v) is 4.50. The molecular formula is C25H22O6. The van der Waals surface area contributed by atoms with E-state index in [4.69, 9.17) is 18.9 Å². The molecule has 6 heteroatoms. The largest absolute Gasteiger partial charge is 0.497 e. The monoisotopic (exact) mass is 418 g/mol. The van der Waals surface area contributed by atoms with Gasteiger partial charge in [0.15, 0.2) is 5.78 Å². The summed E-state index contributed by atoms with van der Waals surface area (Å²) in [6, 6.07) is 18.8. The van der Waals surface area contributed by atoms with Gasteiger partial charge in [-0.3, -0.25) is 4.79 Å². The van der Waals surface area contributed by atoms with Gasteiger partial charge in [0, 0.05) is 12.1 Å². The topological polar surface area (TPSA) is 71.1 Å². The third kappa shape index (κ3) is 5.30. The maximum absolute atomic E-state index is 13.0. The van der Waals surface area contributed by atoms with Gasteiger partial charge in [-0.05, 0) is 35.9 Å². The van der Waals surface area contributed by atoms with E-state index in [-0.39, 0.29) is 22.8 Å². The van der Waals surface area contributed by atoms with Crippen LogP contribution in [0.5, 0.6) is 23.0 Å². The molecule has 0 aromatic heterocycles. The van der Waals surface area contributed by atoms with Crippen molar-refractivity contribution >= 4 is 17.8 Å². The van der Waals surface area contributed by atoms with Crippen molar-refractivity contribution in [2.45, 2.75) is 0 Å². The maximum Gasteiger partial charge on any atom is 0.343 e. The summed E-state index contributed by atoms with van der Waals surface area (Å²) in [4.78, 5) is 25.6. The van der Waals surface area contributed by atoms with Gasteiger partial charge >= 0.3 is 5.97 Å². The second-order valence-corrected chi connectivity index (χ2v) is 6.43. The fourth-order valence-corrected chi connectivity index (χ4v) is 2.87. The summed E-state index contributed by atoms with van der Waals surface area (Å²) in [6.07, 6.45) is 3.06. The molecule has 0 atom stereocenters. The molecule has 0 saturated carbocycles. The van der Waals surface area contributed by atoms with Gasteiger partial charge < -0.3 is 18.9 Å². The van der Waals surface area contributed by atoms with E-state index in [2.05, 4.69) is 0 Å². The van der Waals surface area contributed by atoms with E-state index in [1.807, 2.05) is 12.1 Å². The lowest BCUT2D eigenvalue weighted by atomic mass is 10.1. The van der Waals surface area contributed by atoms with Crippen LogP contribution in [0.15, 0.2) is 72.8 Å². The fraction of sp³-hybridized carbons (Fsp3) is 0.120. The number of carbonyl (C=O) groups excluding carboxylic acids is 2. The van der Waals surface area contributed by atoms with Crippen LogP contribution in [0.25, 0.3) is 6.08 Å². The van der Waals surface area contributed by atoms with Crippen molar-refractivity contribution in [1.29, 1.82) is 0 Å². The van der Waals surface area contributed by atoms with Gasteiger partial charge in [0.1, 0.15) is 28.6 Å². The van der Waals surface area contributed by atoms with Gasteiger partial charge in [-0.25, -0.2) is 4.79 Å². The number of carbonyl (C=O) groups is 2. The molecule has 3 rings (SSSR count). The summed E-state index contributed by atoms with van der Waals surface area (Å²) in [5.41, 5.74) is 1.29. The molecule has 0 heterocycles. The van der Waals surface area contributed by atoms with Gasteiger partial charge in [-0.2, -0.15) is 0 Å². The summed E-state index contributed by atoms with van der Waals surface area (Å²) < 4.78 is 21.3. The zero-order valence-corrected chi connectivity index (χ0v) is 17.5. The normalized spacial score (nSPS) is 10.5. The molecule has 0 unspecified atom stereocenters. The smallest absolute Gasteiger partial charge is 0.343 e. The van der Waals surface area contributed by atoms with Crippen molar-refractivity contribution in [2.24, 2.45) is 0 Å². The van der Waals surface area contributed by atoms with E-state index in [0.29, 0.717) is 11.3 Å². The summed E-state index contributed by atoms with van der Waals surface area (Å²) in [5.74, 6) is 0.420. The quantitative estimate of drug-likeness (QED) is 0.226. The third-order valence-electron chi connectivity index (χ3n) is 4.50. The summed E-state index contributed by atoms with van der Waals surface area (Å²) >= 11 is 0. The molecule has 0 spiro atoms. The molecule has 0 bridgehead atoms. The average Bonchev–Trinajstić information content (AvgIpc) is 2.82. The zero-order chi connectivity index (χ0) is 22.2. The number of esters is 1. The van der Waals surface area contributed by atoms with Crippen LogP contribution >= 0.6 is 0 Å². The number of ketones is 1. The Kier molecular flexibility index (Phi) is 7.06. The number of ether oxygens (including phenoxy) is 4. The van der Waals surface area contributed by atoms with Crippen molar-refractivity contribution in [3.63, 3.8) is 0 Å². The molecular weight excluding hydrogens is 396 g/mol. The number of rotatable bonds is 8. The van der Waals surface area contributed by atoms with E-state index in [1.54, 1.807) is 61.7 Å². The van der Waals surface area contributed by atoms with Crippen LogP contribution in [0.2, 0.25) is 0 Å². The molecule has 0 saturated heterocycles. The Bertz CT molecular complexity index is 1090. The molecule has 0 aliphatic carbocycles. The summed E-state index contributed by atoms with van der Waals surface area (Å²) in [6.45, 7) is 0. The number of hydrogen-bond acceptors (Lipinski definition) is 6. The van der Waals surface area contributed by atoms with E-state index >= 15 is 0 Å². The van der Waals surface area contributed by atoms with Crippen LogP contribution in [0.3, 0.4) is 0 Å². The van der Waals surface area contributed by atoms with Crippen LogP contribution in [0.1, 0.15) is 26.3 Å². The zero-order valence-electron chi connectivity index (χ0n) is 17.5. The molecule has 3 aromatic rings. The molecule has 3 aromatic carbocycles. The minimum Gasteiger partial charge on any atom is -0.497 e. The van der Waals surface area contributed by atoms with Gasteiger partial charge in [-0.1, -0.05) is 36.4 Å². The molecule has 0 N–H and O–H groups in total. The Morgan fingerprint density at radius 3 is 2.00 bits per heavy atom. The first-order valence-electron chi connectivity index (χ1n) is 9.45. The standard InChI is InChI=1S/C25H22O6/c1-28-19-12-9-17(10-13-19)11-14-21(26)24-22(30-3)15-20(29-2)16-23(24)31-25(27)18-7-5-4-6-8-18/h4-16H,1-3H3. The lowest BCUT2D eigenvalue weighted by Crippen LogP contribution is -2.12. The van der Waals surface area contributed by atoms with Crippen molar-refractivity contribution in [3.05, 3.63) is 89.5 Å². The van der Waals surface area contributed by atoms with E-state index < -0.39 is 5.97 Å². The molecule has 6 nitrogen and oxygen atoms in total. The number of allylic oxidation sites excluding steroid dienone is 1. The highest BCUT2D eigenvalue weighted by Gasteiger charge is 2.21. The van der Waals surface area contributed by atoms with Crippen molar-refractivity contribution < 1.29 is 28.5 Å². The molecule has 0 aliphatic heterocycles. The Hall–Kier alpha value is -4.06. The van der Waals surface area contributed by atoms with Crippen molar-refractivity contribution in [1.82, 2.24) is 0 Å². The highest BCUT2D eigenvalue weighted by molar-refractivity contribution is 6.11. The van der Waals surface area contributed by atoms with Gasteiger partial charge in [0.05, 0.1) is 26.9 Å². The van der Waals surface area contributed by atoms with Crippen LogP contribution in [0, 0.1) is 0 Å². The molecule has 158 valence electrons. The Morgan fingerprint density at radius 2 is 1.39 bits per heavy atom. The summed E-state index contributed by atoms with van der Waals surface area (Å²) in [5, 5.41) is 0. The number of benzene rings is 3. The Morgan fingerprint density at radius 1 is 0.742 bits per heavy atom. The predicted molar refractivity (Wildman–Crippen MR) is 117 cm³/mol. The number of hydrogen-bond donors (Lipinski definition) is 0. The maximum atomic E-state index is 13.0. The first kappa shape index (κ1) is 21.6. The average molecular weight is 418 g/mol.